The van der Waals surface area contributed by atoms with Crippen molar-refractivity contribution in [3.63, 3.8) is 0 Å². The van der Waals surface area contributed by atoms with Crippen molar-refractivity contribution in [2.45, 2.75) is 38.5 Å². The smallest absolute Gasteiger partial charge is 0.178 e. The van der Waals surface area contributed by atoms with Gasteiger partial charge in [0.15, 0.2) is 5.78 Å². The van der Waals surface area contributed by atoms with E-state index in [0.717, 1.165) is 26.4 Å². The van der Waals surface area contributed by atoms with Crippen LogP contribution in [-0.2, 0) is 0 Å². The van der Waals surface area contributed by atoms with E-state index in [1.54, 1.807) is 11.3 Å². The minimum atomic E-state index is 0.0268. The van der Waals surface area contributed by atoms with Crippen LogP contribution in [0.3, 0.4) is 0 Å². The van der Waals surface area contributed by atoms with Crippen LogP contribution < -0.4 is 0 Å². The summed E-state index contributed by atoms with van der Waals surface area (Å²) in [4.78, 5) is 13.9. The van der Waals surface area contributed by atoms with Gasteiger partial charge in [0.2, 0.25) is 0 Å². The van der Waals surface area contributed by atoms with E-state index in [-0.39, 0.29) is 5.41 Å². The molecule has 1 heterocycles. The van der Waals surface area contributed by atoms with Gasteiger partial charge in [-0.25, -0.2) is 0 Å². The van der Waals surface area contributed by atoms with Gasteiger partial charge in [0.1, 0.15) is 0 Å². The topological polar surface area (TPSA) is 17.1 Å². The van der Waals surface area contributed by atoms with Crippen molar-refractivity contribution in [3.8, 4) is 0 Å². The third-order valence-corrected chi connectivity index (χ3v) is 6.94. The van der Waals surface area contributed by atoms with Gasteiger partial charge in [0.25, 0.3) is 0 Å². The predicted octanol–water partition coefficient (Wildman–Crippen LogP) is 4.91. The van der Waals surface area contributed by atoms with Crippen LogP contribution in [0.4, 0.5) is 0 Å². The van der Waals surface area contributed by atoms with E-state index < -0.39 is 0 Å². The Bertz CT molecular complexity index is 469. The SMILES string of the molecule is O=C(c1ccc(Br)s1)C12CC3CC(CC(C3)C1)C2. The lowest BCUT2D eigenvalue weighted by atomic mass is 9.48. The first kappa shape index (κ1) is 11.7. The molecule has 0 N–H and O–H groups in total. The van der Waals surface area contributed by atoms with Gasteiger partial charge in [-0.3, -0.25) is 4.79 Å². The van der Waals surface area contributed by atoms with Gasteiger partial charge in [-0.05, 0) is 84.3 Å². The number of hydrogen-bond acceptors (Lipinski definition) is 2. The molecule has 96 valence electrons. The maximum Gasteiger partial charge on any atom is 0.178 e. The second-order valence-corrected chi connectivity index (χ2v) is 9.09. The van der Waals surface area contributed by atoms with Crippen LogP contribution >= 0.6 is 27.3 Å². The molecule has 0 unspecified atom stereocenters. The lowest BCUT2D eigenvalue weighted by Gasteiger charge is -2.55. The molecule has 0 aromatic carbocycles. The number of carbonyl (C=O) groups excluding carboxylic acids is 1. The third-order valence-electron chi connectivity index (χ3n) is 5.32. The first-order valence-electron chi connectivity index (χ1n) is 6.95. The molecule has 18 heavy (non-hydrogen) atoms. The molecule has 4 bridgehead atoms. The Labute approximate surface area is 120 Å². The second-order valence-electron chi connectivity index (χ2n) is 6.63. The van der Waals surface area contributed by atoms with Crippen molar-refractivity contribution < 1.29 is 4.79 Å². The highest BCUT2D eigenvalue weighted by Crippen LogP contribution is 2.61. The highest BCUT2D eigenvalue weighted by Gasteiger charge is 2.54. The van der Waals surface area contributed by atoms with Gasteiger partial charge in [0.05, 0.1) is 8.66 Å². The highest BCUT2D eigenvalue weighted by molar-refractivity contribution is 9.11. The second kappa shape index (κ2) is 3.92. The fourth-order valence-electron chi connectivity index (χ4n) is 5.09. The number of Topliss-reactive ketones (excluding diaryl/α,β-unsaturated/α-hetero) is 1. The average Bonchev–Trinajstić information content (AvgIpc) is 2.73. The minimum absolute atomic E-state index is 0.0268. The van der Waals surface area contributed by atoms with Crippen molar-refractivity contribution in [1.82, 2.24) is 0 Å². The summed E-state index contributed by atoms with van der Waals surface area (Å²) in [5.41, 5.74) is 0.0268. The molecular weight excluding hydrogens is 308 g/mol. The number of hydrogen-bond donors (Lipinski definition) is 0. The van der Waals surface area contributed by atoms with Crippen LogP contribution in [0.5, 0.6) is 0 Å². The van der Waals surface area contributed by atoms with Crippen LogP contribution in [-0.4, -0.2) is 5.78 Å². The zero-order valence-corrected chi connectivity index (χ0v) is 12.7. The van der Waals surface area contributed by atoms with E-state index >= 15 is 0 Å². The van der Waals surface area contributed by atoms with Gasteiger partial charge in [-0.2, -0.15) is 0 Å². The van der Waals surface area contributed by atoms with E-state index in [2.05, 4.69) is 15.9 Å². The van der Waals surface area contributed by atoms with Crippen molar-refractivity contribution in [2.24, 2.45) is 23.2 Å². The van der Waals surface area contributed by atoms with E-state index in [4.69, 9.17) is 0 Å². The van der Waals surface area contributed by atoms with Crippen LogP contribution in [0, 0.1) is 23.2 Å². The molecule has 0 amide bonds. The predicted molar refractivity (Wildman–Crippen MR) is 77.0 cm³/mol. The Hall–Kier alpha value is -0.150. The maximum atomic E-state index is 12.9. The largest absolute Gasteiger partial charge is 0.293 e. The van der Waals surface area contributed by atoms with Gasteiger partial charge < -0.3 is 0 Å². The van der Waals surface area contributed by atoms with Gasteiger partial charge in [-0.15, -0.1) is 11.3 Å². The molecule has 0 atom stereocenters. The number of carbonyl (C=O) groups is 1. The minimum Gasteiger partial charge on any atom is -0.293 e. The summed E-state index contributed by atoms with van der Waals surface area (Å²) >= 11 is 5.09. The number of halogens is 1. The summed E-state index contributed by atoms with van der Waals surface area (Å²) in [6.45, 7) is 0. The van der Waals surface area contributed by atoms with Gasteiger partial charge in [-0.1, -0.05) is 0 Å². The summed E-state index contributed by atoms with van der Waals surface area (Å²) in [6, 6.07) is 4.02. The van der Waals surface area contributed by atoms with Gasteiger partial charge >= 0.3 is 0 Å². The molecule has 4 saturated carbocycles. The normalized spacial score (nSPS) is 41.3. The van der Waals surface area contributed by atoms with E-state index in [9.17, 15) is 4.79 Å². The highest BCUT2D eigenvalue weighted by atomic mass is 79.9. The lowest BCUT2D eigenvalue weighted by Crippen LogP contribution is -2.49. The molecule has 4 aliphatic carbocycles. The van der Waals surface area contributed by atoms with Crippen LogP contribution in [0.25, 0.3) is 0 Å². The van der Waals surface area contributed by atoms with Gasteiger partial charge in [0, 0.05) is 5.41 Å². The fraction of sp³-hybridized carbons (Fsp3) is 0.667. The number of thiophene rings is 1. The molecule has 1 aromatic heterocycles. The zero-order chi connectivity index (χ0) is 12.3. The monoisotopic (exact) mass is 324 g/mol. The summed E-state index contributed by atoms with van der Waals surface area (Å²) in [5.74, 6) is 3.01. The fourth-order valence-corrected chi connectivity index (χ4v) is 6.53. The molecule has 1 aromatic rings. The van der Waals surface area contributed by atoms with Crippen LogP contribution in [0.1, 0.15) is 48.2 Å². The molecule has 0 aliphatic heterocycles. The Balaban J connectivity index is 1.69. The molecule has 3 heteroatoms. The average molecular weight is 325 g/mol. The standard InChI is InChI=1S/C15H17BrOS/c16-13-2-1-12(18-13)14(17)15-6-9-3-10(7-15)5-11(4-9)8-15/h1-2,9-11H,3-8H2. The molecule has 4 aliphatic rings. The molecule has 1 nitrogen and oxygen atoms in total. The molecular formula is C15H17BrOS. The molecule has 4 fully saturated rings. The number of ketones is 1. The van der Waals surface area contributed by atoms with Crippen LogP contribution in [0.15, 0.2) is 15.9 Å². The van der Waals surface area contributed by atoms with Crippen LogP contribution in [0.2, 0.25) is 0 Å². The Kier molecular flexibility index (Phi) is 2.54. The third kappa shape index (κ3) is 1.66. The Morgan fingerprint density at radius 2 is 1.67 bits per heavy atom. The summed E-state index contributed by atoms with van der Waals surface area (Å²) in [5, 5.41) is 0. The molecule has 0 spiro atoms. The van der Waals surface area contributed by atoms with Crippen molar-refractivity contribution in [3.05, 3.63) is 20.8 Å². The summed E-state index contributed by atoms with van der Waals surface area (Å²) in [7, 11) is 0. The molecule has 5 rings (SSSR count). The quantitative estimate of drug-likeness (QED) is 0.706. The van der Waals surface area contributed by atoms with Crippen molar-refractivity contribution >= 4 is 33.0 Å². The Morgan fingerprint density at radius 1 is 1.11 bits per heavy atom. The van der Waals surface area contributed by atoms with E-state index in [1.807, 2.05) is 12.1 Å². The first-order valence-corrected chi connectivity index (χ1v) is 8.56. The summed E-state index contributed by atoms with van der Waals surface area (Å²) in [6.07, 6.45) is 7.73. The van der Waals surface area contributed by atoms with Crippen molar-refractivity contribution in [1.29, 1.82) is 0 Å². The zero-order valence-electron chi connectivity index (χ0n) is 10.3. The van der Waals surface area contributed by atoms with Crippen molar-refractivity contribution in [2.75, 3.05) is 0 Å². The lowest BCUT2D eigenvalue weighted by molar-refractivity contribution is -0.0350. The first-order chi connectivity index (χ1) is 8.64. The molecule has 0 saturated heterocycles. The Morgan fingerprint density at radius 3 is 2.11 bits per heavy atom. The summed E-state index contributed by atoms with van der Waals surface area (Å²) < 4.78 is 1.08. The van der Waals surface area contributed by atoms with E-state index in [0.29, 0.717) is 5.78 Å². The van der Waals surface area contributed by atoms with E-state index in [1.165, 1.54) is 38.5 Å². The molecule has 0 radical (unpaired) electrons. The maximum absolute atomic E-state index is 12.9. The number of rotatable bonds is 2.